The molecule has 1 fully saturated rings. The Labute approximate surface area is 103 Å². The van der Waals surface area contributed by atoms with Crippen LogP contribution in [0.1, 0.15) is 52.9 Å². The van der Waals surface area contributed by atoms with Gasteiger partial charge < -0.3 is 10.4 Å². The van der Waals surface area contributed by atoms with Crippen molar-refractivity contribution in [2.45, 2.75) is 58.4 Å². The van der Waals surface area contributed by atoms with Gasteiger partial charge in [0.15, 0.2) is 0 Å². The van der Waals surface area contributed by atoms with E-state index in [0.717, 1.165) is 19.3 Å². The van der Waals surface area contributed by atoms with Gasteiger partial charge in [-0.2, -0.15) is 0 Å². The Balaban J connectivity index is 2.72. The molecular weight excluding hydrogens is 218 g/mol. The normalized spacial score (nSPS) is 29.1. The summed E-state index contributed by atoms with van der Waals surface area (Å²) in [5.41, 5.74) is -1.02. The molecule has 1 aliphatic carbocycles. The van der Waals surface area contributed by atoms with E-state index in [-0.39, 0.29) is 11.8 Å². The molecule has 98 valence electrons. The first-order valence-electron chi connectivity index (χ1n) is 6.46. The number of amides is 1. The van der Waals surface area contributed by atoms with Crippen molar-refractivity contribution in [1.29, 1.82) is 0 Å². The molecule has 2 N–H and O–H groups in total. The van der Waals surface area contributed by atoms with E-state index < -0.39 is 11.5 Å². The summed E-state index contributed by atoms with van der Waals surface area (Å²) in [6.45, 7) is 5.69. The molecule has 0 aromatic rings. The van der Waals surface area contributed by atoms with E-state index in [1.54, 1.807) is 13.8 Å². The summed E-state index contributed by atoms with van der Waals surface area (Å²) < 4.78 is 0. The number of carboxylic acid groups (broad SMARTS) is 1. The van der Waals surface area contributed by atoms with E-state index in [1.165, 1.54) is 0 Å². The highest BCUT2D eigenvalue weighted by Gasteiger charge is 2.43. The fraction of sp³-hybridized carbons (Fsp3) is 0.846. The van der Waals surface area contributed by atoms with Crippen LogP contribution >= 0.6 is 0 Å². The Bertz CT molecular complexity index is 291. The van der Waals surface area contributed by atoms with Crippen LogP contribution in [0.5, 0.6) is 0 Å². The highest BCUT2D eigenvalue weighted by molar-refractivity contribution is 5.87. The zero-order chi connectivity index (χ0) is 13.1. The zero-order valence-corrected chi connectivity index (χ0v) is 11.0. The lowest BCUT2D eigenvalue weighted by molar-refractivity contribution is -0.150. The predicted molar refractivity (Wildman–Crippen MR) is 65.6 cm³/mol. The van der Waals surface area contributed by atoms with Gasteiger partial charge in [0.2, 0.25) is 5.91 Å². The Morgan fingerprint density at radius 1 is 1.35 bits per heavy atom. The number of nitrogens with one attached hydrogen (secondary N) is 1. The molecule has 0 aromatic carbocycles. The van der Waals surface area contributed by atoms with Crippen LogP contribution in [0.3, 0.4) is 0 Å². The van der Waals surface area contributed by atoms with Crippen molar-refractivity contribution in [1.82, 2.24) is 5.32 Å². The summed E-state index contributed by atoms with van der Waals surface area (Å²) in [5, 5.41) is 12.1. The largest absolute Gasteiger partial charge is 0.480 e. The summed E-state index contributed by atoms with van der Waals surface area (Å²) in [6, 6.07) is 0. The van der Waals surface area contributed by atoms with Gasteiger partial charge in [0.1, 0.15) is 5.54 Å². The number of carboxylic acids is 1. The van der Waals surface area contributed by atoms with Crippen LogP contribution < -0.4 is 5.32 Å². The highest BCUT2D eigenvalue weighted by atomic mass is 16.4. The van der Waals surface area contributed by atoms with Crippen LogP contribution in [0.2, 0.25) is 0 Å². The maximum atomic E-state index is 11.7. The molecule has 4 heteroatoms. The molecule has 0 heterocycles. The molecule has 0 radical (unpaired) electrons. The van der Waals surface area contributed by atoms with Crippen molar-refractivity contribution in [3.63, 3.8) is 0 Å². The van der Waals surface area contributed by atoms with Crippen LogP contribution in [0, 0.1) is 11.8 Å². The molecule has 0 unspecified atom stereocenters. The predicted octanol–water partition coefficient (Wildman–Crippen LogP) is 2.18. The Hall–Kier alpha value is -1.06. The first kappa shape index (κ1) is 14.0. The monoisotopic (exact) mass is 241 g/mol. The fourth-order valence-corrected chi connectivity index (χ4v) is 2.35. The minimum absolute atomic E-state index is 0.164. The lowest BCUT2D eigenvalue weighted by atomic mass is 9.75. The van der Waals surface area contributed by atoms with Crippen LogP contribution in [0.15, 0.2) is 0 Å². The minimum atomic E-state index is -1.02. The van der Waals surface area contributed by atoms with E-state index in [2.05, 4.69) is 12.2 Å². The van der Waals surface area contributed by atoms with Crippen molar-refractivity contribution in [3.05, 3.63) is 0 Å². The summed E-state index contributed by atoms with van der Waals surface area (Å²) in [6.07, 6.45) is 3.98. The van der Waals surface area contributed by atoms with E-state index in [1.807, 2.05) is 0 Å². The molecule has 0 aliphatic heterocycles. The first-order chi connectivity index (χ1) is 7.91. The van der Waals surface area contributed by atoms with E-state index >= 15 is 0 Å². The zero-order valence-electron chi connectivity index (χ0n) is 11.0. The van der Waals surface area contributed by atoms with Crippen LogP contribution in [0.25, 0.3) is 0 Å². The van der Waals surface area contributed by atoms with Crippen molar-refractivity contribution in [3.8, 4) is 0 Å². The summed E-state index contributed by atoms with van der Waals surface area (Å²) >= 11 is 0. The van der Waals surface area contributed by atoms with Gasteiger partial charge in [-0.3, -0.25) is 4.79 Å². The van der Waals surface area contributed by atoms with Crippen molar-refractivity contribution >= 4 is 11.9 Å². The SMILES string of the molecule is CCC1CCC(NC(=O)C(C)C)(C(=O)O)CC1. The topological polar surface area (TPSA) is 66.4 Å². The Morgan fingerprint density at radius 3 is 2.24 bits per heavy atom. The third-order valence-electron chi connectivity index (χ3n) is 3.83. The average molecular weight is 241 g/mol. The van der Waals surface area contributed by atoms with Gasteiger partial charge in [-0.05, 0) is 31.6 Å². The van der Waals surface area contributed by atoms with Gasteiger partial charge in [0, 0.05) is 5.92 Å². The number of hydrogen-bond donors (Lipinski definition) is 2. The Kier molecular flexibility index (Phi) is 4.54. The van der Waals surface area contributed by atoms with E-state index in [0.29, 0.717) is 18.8 Å². The first-order valence-corrected chi connectivity index (χ1v) is 6.46. The fourth-order valence-electron chi connectivity index (χ4n) is 2.35. The van der Waals surface area contributed by atoms with Crippen LogP contribution in [-0.2, 0) is 9.59 Å². The molecule has 4 nitrogen and oxygen atoms in total. The minimum Gasteiger partial charge on any atom is -0.480 e. The highest BCUT2D eigenvalue weighted by Crippen LogP contribution is 2.34. The Morgan fingerprint density at radius 2 is 1.88 bits per heavy atom. The number of hydrogen-bond acceptors (Lipinski definition) is 2. The molecule has 0 atom stereocenters. The number of carbonyl (C=O) groups excluding carboxylic acids is 1. The second-order valence-corrected chi connectivity index (χ2v) is 5.38. The van der Waals surface area contributed by atoms with Crippen molar-refractivity contribution in [2.75, 3.05) is 0 Å². The molecule has 1 saturated carbocycles. The maximum absolute atomic E-state index is 11.7. The molecule has 1 rings (SSSR count). The molecule has 17 heavy (non-hydrogen) atoms. The second kappa shape index (κ2) is 5.52. The standard InChI is InChI=1S/C13H23NO3/c1-4-10-5-7-13(8-6-10,12(16)17)14-11(15)9(2)3/h9-10H,4-8H2,1-3H3,(H,14,15)(H,16,17). The van der Waals surface area contributed by atoms with Gasteiger partial charge >= 0.3 is 5.97 Å². The lowest BCUT2D eigenvalue weighted by Gasteiger charge is -2.37. The maximum Gasteiger partial charge on any atom is 0.329 e. The number of aliphatic carboxylic acids is 1. The van der Waals surface area contributed by atoms with Gasteiger partial charge in [0.25, 0.3) is 0 Å². The molecule has 0 spiro atoms. The van der Waals surface area contributed by atoms with Crippen LogP contribution in [0.4, 0.5) is 0 Å². The third-order valence-corrected chi connectivity index (χ3v) is 3.83. The second-order valence-electron chi connectivity index (χ2n) is 5.38. The quantitative estimate of drug-likeness (QED) is 0.792. The van der Waals surface area contributed by atoms with Gasteiger partial charge in [-0.1, -0.05) is 27.2 Å². The molecule has 0 saturated heterocycles. The van der Waals surface area contributed by atoms with Gasteiger partial charge in [-0.15, -0.1) is 0 Å². The lowest BCUT2D eigenvalue weighted by Crippen LogP contribution is -2.57. The molecular formula is C13H23NO3. The summed E-state index contributed by atoms with van der Waals surface area (Å²) in [7, 11) is 0. The number of carbonyl (C=O) groups is 2. The van der Waals surface area contributed by atoms with Gasteiger partial charge in [0.05, 0.1) is 0 Å². The summed E-state index contributed by atoms with van der Waals surface area (Å²) in [5.74, 6) is -0.614. The van der Waals surface area contributed by atoms with E-state index in [9.17, 15) is 14.7 Å². The number of rotatable bonds is 4. The molecule has 1 aliphatic rings. The van der Waals surface area contributed by atoms with E-state index in [4.69, 9.17) is 0 Å². The summed E-state index contributed by atoms with van der Waals surface area (Å²) in [4.78, 5) is 23.1. The average Bonchev–Trinajstić information content (AvgIpc) is 2.29. The smallest absolute Gasteiger partial charge is 0.329 e. The van der Waals surface area contributed by atoms with Crippen molar-refractivity contribution < 1.29 is 14.7 Å². The molecule has 0 bridgehead atoms. The molecule has 0 aromatic heterocycles. The molecule has 1 amide bonds. The third kappa shape index (κ3) is 3.20. The van der Waals surface area contributed by atoms with Gasteiger partial charge in [-0.25, -0.2) is 4.79 Å². The van der Waals surface area contributed by atoms with Crippen molar-refractivity contribution in [2.24, 2.45) is 11.8 Å². The van der Waals surface area contributed by atoms with Crippen LogP contribution in [-0.4, -0.2) is 22.5 Å².